The molecule has 0 aliphatic heterocycles. The number of rotatable bonds is 4. The molecule has 0 heterocycles. The lowest BCUT2D eigenvalue weighted by atomic mass is 10.1. The Hall–Kier alpha value is -2.07. The Morgan fingerprint density at radius 1 is 1.19 bits per heavy atom. The molecule has 0 fully saturated rings. The van der Waals surface area contributed by atoms with Crippen LogP contribution >= 0.6 is 11.6 Å². The third-order valence-corrected chi connectivity index (χ3v) is 4.68. The number of hydrogen-bond donors (Lipinski definition) is 2. The number of hydrogen-bond acceptors (Lipinski definition) is 4. The van der Waals surface area contributed by atoms with Gasteiger partial charge < -0.3 is 5.73 Å². The maximum atomic E-state index is 12.2. The summed E-state index contributed by atoms with van der Waals surface area (Å²) in [6.07, 6.45) is 0. The largest absolute Gasteiger partial charge is 0.399 e. The van der Waals surface area contributed by atoms with E-state index in [0.29, 0.717) is 11.3 Å². The molecule has 0 saturated heterocycles. The highest BCUT2D eigenvalue weighted by Gasteiger charge is 2.17. The highest BCUT2D eigenvalue weighted by atomic mass is 35.5. The van der Waals surface area contributed by atoms with Gasteiger partial charge in [0.25, 0.3) is 0 Å². The van der Waals surface area contributed by atoms with Crippen LogP contribution in [0.15, 0.2) is 47.4 Å². The van der Waals surface area contributed by atoms with Gasteiger partial charge in [-0.25, -0.2) is 13.1 Å². The Morgan fingerprint density at radius 2 is 1.86 bits per heavy atom. The molecule has 2 aromatic rings. The molecule has 3 N–H and O–H groups in total. The van der Waals surface area contributed by atoms with E-state index in [0.717, 1.165) is 5.56 Å². The van der Waals surface area contributed by atoms with Gasteiger partial charge in [0.05, 0.1) is 16.7 Å². The van der Waals surface area contributed by atoms with Gasteiger partial charge in [0.15, 0.2) is 0 Å². The van der Waals surface area contributed by atoms with Crippen LogP contribution in [0.1, 0.15) is 11.1 Å². The molecule has 0 bridgehead atoms. The predicted octanol–water partition coefficient (Wildman–Crippen LogP) is 2.27. The first kappa shape index (κ1) is 15.3. The smallest absolute Gasteiger partial charge is 0.242 e. The average molecular weight is 322 g/mol. The normalized spacial score (nSPS) is 11.0. The van der Waals surface area contributed by atoms with E-state index in [-0.39, 0.29) is 16.5 Å². The molecule has 0 atom stereocenters. The molecule has 0 unspecified atom stereocenters. The van der Waals surface area contributed by atoms with Crippen molar-refractivity contribution >= 4 is 27.3 Å². The number of nitrogens with zero attached hydrogens (tertiary/aromatic N) is 1. The minimum Gasteiger partial charge on any atom is -0.399 e. The Labute approximate surface area is 128 Å². The first-order valence-electron chi connectivity index (χ1n) is 5.96. The number of nitrogens with two attached hydrogens (primary N) is 1. The zero-order valence-electron chi connectivity index (χ0n) is 10.9. The summed E-state index contributed by atoms with van der Waals surface area (Å²) in [4.78, 5) is -0.0213. The monoisotopic (exact) mass is 321 g/mol. The van der Waals surface area contributed by atoms with E-state index in [4.69, 9.17) is 22.6 Å². The van der Waals surface area contributed by atoms with E-state index in [1.165, 1.54) is 18.2 Å². The van der Waals surface area contributed by atoms with Crippen LogP contribution in [-0.2, 0) is 16.6 Å². The van der Waals surface area contributed by atoms with Crippen molar-refractivity contribution in [3.05, 3.63) is 58.6 Å². The fourth-order valence-electron chi connectivity index (χ4n) is 1.69. The van der Waals surface area contributed by atoms with E-state index >= 15 is 0 Å². The van der Waals surface area contributed by atoms with Gasteiger partial charge in [-0.05, 0) is 35.9 Å². The van der Waals surface area contributed by atoms with Gasteiger partial charge in [-0.3, -0.25) is 0 Å². The topological polar surface area (TPSA) is 96.0 Å². The van der Waals surface area contributed by atoms with Crippen LogP contribution in [-0.4, -0.2) is 8.42 Å². The van der Waals surface area contributed by atoms with Crippen LogP contribution < -0.4 is 10.5 Å². The van der Waals surface area contributed by atoms with Crippen molar-refractivity contribution in [1.82, 2.24) is 4.72 Å². The van der Waals surface area contributed by atoms with Crippen molar-refractivity contribution in [2.24, 2.45) is 0 Å². The second kappa shape index (κ2) is 6.14. The van der Waals surface area contributed by atoms with Crippen LogP contribution in [0.4, 0.5) is 5.69 Å². The van der Waals surface area contributed by atoms with E-state index in [1.807, 2.05) is 6.07 Å². The highest BCUT2D eigenvalue weighted by molar-refractivity contribution is 7.89. The van der Waals surface area contributed by atoms with E-state index in [1.54, 1.807) is 24.3 Å². The lowest BCUT2D eigenvalue weighted by Gasteiger charge is -2.09. The number of benzene rings is 2. The summed E-state index contributed by atoms with van der Waals surface area (Å²) in [6.45, 7) is 0.106. The van der Waals surface area contributed by atoms with E-state index in [9.17, 15) is 8.42 Å². The van der Waals surface area contributed by atoms with Crippen molar-refractivity contribution < 1.29 is 8.42 Å². The molecule has 0 aliphatic rings. The number of nitrogens with one attached hydrogen (secondary N) is 1. The minimum absolute atomic E-state index is 0.0213. The summed E-state index contributed by atoms with van der Waals surface area (Å²) in [5.74, 6) is 0. The zero-order chi connectivity index (χ0) is 15.5. The highest BCUT2D eigenvalue weighted by Crippen LogP contribution is 2.23. The molecular weight excluding hydrogens is 310 g/mol. The summed E-state index contributed by atoms with van der Waals surface area (Å²) < 4.78 is 26.8. The molecule has 7 heteroatoms. The molecule has 0 saturated carbocycles. The van der Waals surface area contributed by atoms with Crippen molar-refractivity contribution in [2.75, 3.05) is 5.73 Å². The zero-order valence-corrected chi connectivity index (χ0v) is 12.4. The first-order chi connectivity index (χ1) is 9.92. The Morgan fingerprint density at radius 3 is 2.43 bits per heavy atom. The summed E-state index contributed by atoms with van der Waals surface area (Å²) in [7, 11) is -3.72. The molecule has 21 heavy (non-hydrogen) atoms. The fraction of sp³-hybridized carbons (Fsp3) is 0.0714. The van der Waals surface area contributed by atoms with Gasteiger partial charge in [0.2, 0.25) is 10.0 Å². The maximum absolute atomic E-state index is 12.2. The molecule has 0 aliphatic carbocycles. The molecule has 0 radical (unpaired) electrons. The van der Waals surface area contributed by atoms with Crippen molar-refractivity contribution in [1.29, 1.82) is 5.26 Å². The minimum atomic E-state index is -3.72. The number of nitriles is 1. The van der Waals surface area contributed by atoms with Crippen molar-refractivity contribution in [3.63, 3.8) is 0 Å². The lowest BCUT2D eigenvalue weighted by molar-refractivity contribution is 0.581. The van der Waals surface area contributed by atoms with Crippen LogP contribution in [0, 0.1) is 11.3 Å². The summed E-state index contributed by atoms with van der Waals surface area (Å²) in [6, 6.07) is 12.8. The molecule has 5 nitrogen and oxygen atoms in total. The van der Waals surface area contributed by atoms with Gasteiger partial charge in [0.1, 0.15) is 4.90 Å². The molecule has 0 aromatic heterocycles. The summed E-state index contributed by atoms with van der Waals surface area (Å²) >= 11 is 5.90. The standard InChI is InChI=1S/C14H12ClN3O2S/c15-13-7-12(17)5-6-14(13)21(19,20)18-9-11-3-1-10(8-16)2-4-11/h1-7,18H,9,17H2. The van der Waals surface area contributed by atoms with Crippen LogP contribution in [0.3, 0.4) is 0 Å². The third kappa shape index (κ3) is 3.73. The molecule has 108 valence electrons. The van der Waals surface area contributed by atoms with E-state index in [2.05, 4.69) is 4.72 Å². The molecule has 2 rings (SSSR count). The molecule has 2 aromatic carbocycles. The Kier molecular flexibility index (Phi) is 4.48. The fourth-order valence-corrected chi connectivity index (χ4v) is 3.26. The Balaban J connectivity index is 2.16. The van der Waals surface area contributed by atoms with Crippen LogP contribution in [0.5, 0.6) is 0 Å². The summed E-state index contributed by atoms with van der Waals surface area (Å²) in [5.41, 5.74) is 7.19. The second-order valence-corrected chi connectivity index (χ2v) is 6.47. The lowest BCUT2D eigenvalue weighted by Crippen LogP contribution is -2.23. The first-order valence-corrected chi connectivity index (χ1v) is 7.82. The third-order valence-electron chi connectivity index (χ3n) is 2.79. The number of anilines is 1. The second-order valence-electron chi connectivity index (χ2n) is 4.32. The van der Waals surface area contributed by atoms with Gasteiger partial charge in [0, 0.05) is 12.2 Å². The predicted molar refractivity (Wildman–Crippen MR) is 81.0 cm³/mol. The average Bonchev–Trinajstić information content (AvgIpc) is 2.45. The number of nitrogen functional groups attached to an aromatic ring is 1. The van der Waals surface area contributed by atoms with Gasteiger partial charge >= 0.3 is 0 Å². The number of sulfonamides is 1. The van der Waals surface area contributed by atoms with E-state index < -0.39 is 10.0 Å². The molecule has 0 spiro atoms. The van der Waals surface area contributed by atoms with Gasteiger partial charge in [-0.15, -0.1) is 0 Å². The van der Waals surface area contributed by atoms with Crippen LogP contribution in [0.25, 0.3) is 0 Å². The Bertz CT molecular complexity index is 796. The summed E-state index contributed by atoms with van der Waals surface area (Å²) in [5, 5.41) is 8.77. The van der Waals surface area contributed by atoms with Gasteiger partial charge in [-0.1, -0.05) is 23.7 Å². The molecular formula is C14H12ClN3O2S. The number of halogens is 1. The van der Waals surface area contributed by atoms with Crippen molar-refractivity contribution in [3.8, 4) is 6.07 Å². The van der Waals surface area contributed by atoms with Crippen LogP contribution in [0.2, 0.25) is 5.02 Å². The van der Waals surface area contributed by atoms with Gasteiger partial charge in [-0.2, -0.15) is 5.26 Å². The maximum Gasteiger partial charge on any atom is 0.242 e. The quantitative estimate of drug-likeness (QED) is 0.844. The molecule has 0 amide bonds. The van der Waals surface area contributed by atoms with Crippen molar-refractivity contribution in [2.45, 2.75) is 11.4 Å². The SMILES string of the molecule is N#Cc1ccc(CNS(=O)(=O)c2ccc(N)cc2Cl)cc1.